The Bertz CT molecular complexity index is 1040. The van der Waals surface area contributed by atoms with E-state index in [-0.39, 0.29) is 24.9 Å². The number of nitrogens with one attached hydrogen (secondary N) is 2. The van der Waals surface area contributed by atoms with E-state index in [9.17, 15) is 14.4 Å². The summed E-state index contributed by atoms with van der Waals surface area (Å²) in [5.41, 5.74) is 2.87. The van der Waals surface area contributed by atoms with Crippen molar-refractivity contribution in [3.63, 3.8) is 0 Å². The molecule has 0 spiro atoms. The number of carbonyl (C=O) groups excluding carboxylic acids is 2. The third-order valence-electron chi connectivity index (χ3n) is 7.05. The molecule has 7 heteroatoms. The summed E-state index contributed by atoms with van der Waals surface area (Å²) < 4.78 is 5.61. The fourth-order valence-corrected chi connectivity index (χ4v) is 4.92. The van der Waals surface area contributed by atoms with Gasteiger partial charge >= 0.3 is 12.1 Å². The Morgan fingerprint density at radius 1 is 0.906 bits per heavy atom. The van der Waals surface area contributed by atoms with Crippen molar-refractivity contribution in [1.82, 2.24) is 10.6 Å². The molecule has 2 aromatic carbocycles. The van der Waals surface area contributed by atoms with Crippen LogP contribution < -0.4 is 10.6 Å². The fourth-order valence-electron chi connectivity index (χ4n) is 4.92. The summed E-state index contributed by atoms with van der Waals surface area (Å²) in [6.45, 7) is 0.181. The highest BCUT2D eigenvalue weighted by molar-refractivity contribution is 5.92. The van der Waals surface area contributed by atoms with Crippen LogP contribution in [0.3, 0.4) is 0 Å². The van der Waals surface area contributed by atoms with E-state index in [1.165, 1.54) is 0 Å². The van der Waals surface area contributed by atoms with Gasteiger partial charge in [0, 0.05) is 5.92 Å². The largest absolute Gasteiger partial charge is 0.481 e. The molecule has 0 heterocycles. The van der Waals surface area contributed by atoms with Crippen molar-refractivity contribution < 1.29 is 24.2 Å². The second kappa shape index (κ2) is 7.65. The molecule has 32 heavy (non-hydrogen) atoms. The quantitative estimate of drug-likeness (QED) is 0.618. The standard InChI is InChI=1S/C25H26N2O5/c28-21(29)14-24(12-13-24)26-22(30)25(10-5-11-25)27-23(31)32-15-20-18-8-3-1-6-16(18)17-7-2-4-9-19(17)20/h1-4,6-9,20H,5,10-15H2,(H,26,30)(H,27,31)(H,28,29). The molecule has 0 radical (unpaired) electrons. The van der Waals surface area contributed by atoms with Crippen LogP contribution in [0.4, 0.5) is 4.79 Å². The lowest BCUT2D eigenvalue weighted by atomic mass is 9.75. The molecule has 166 valence electrons. The van der Waals surface area contributed by atoms with E-state index in [1.54, 1.807) is 0 Å². The Balaban J connectivity index is 1.24. The number of rotatable bonds is 7. The average Bonchev–Trinajstić information content (AvgIpc) is 3.40. The first kappa shape index (κ1) is 20.5. The Kier molecular flexibility index (Phi) is 4.92. The van der Waals surface area contributed by atoms with E-state index in [4.69, 9.17) is 9.84 Å². The van der Waals surface area contributed by atoms with Crippen LogP contribution in [0, 0.1) is 0 Å². The molecule has 2 saturated carbocycles. The number of fused-ring (bicyclic) bond motifs is 3. The summed E-state index contributed by atoms with van der Waals surface area (Å²) in [6.07, 6.45) is 2.43. The molecule has 0 aromatic heterocycles. The van der Waals surface area contributed by atoms with Crippen LogP contribution in [0.1, 0.15) is 55.6 Å². The van der Waals surface area contributed by atoms with Crippen LogP contribution in [-0.4, -0.2) is 40.8 Å². The van der Waals surface area contributed by atoms with Crippen molar-refractivity contribution in [3.8, 4) is 11.1 Å². The third-order valence-corrected chi connectivity index (χ3v) is 7.05. The fraction of sp³-hybridized carbons (Fsp3) is 0.400. The normalized spacial score (nSPS) is 19.1. The molecule has 2 fully saturated rings. The lowest BCUT2D eigenvalue weighted by Gasteiger charge is -2.41. The van der Waals surface area contributed by atoms with Crippen LogP contribution in [0.15, 0.2) is 48.5 Å². The van der Waals surface area contributed by atoms with Gasteiger partial charge in [-0.15, -0.1) is 0 Å². The molecule has 3 N–H and O–H groups in total. The van der Waals surface area contributed by atoms with E-state index in [0.29, 0.717) is 25.7 Å². The second-order valence-corrected chi connectivity index (χ2v) is 9.19. The molecular weight excluding hydrogens is 408 g/mol. The Hall–Kier alpha value is -3.35. The summed E-state index contributed by atoms with van der Waals surface area (Å²) in [4.78, 5) is 36.7. The van der Waals surface area contributed by atoms with E-state index in [2.05, 4.69) is 34.9 Å². The van der Waals surface area contributed by atoms with Gasteiger partial charge in [-0.1, -0.05) is 48.5 Å². The number of amides is 2. The number of benzene rings is 2. The van der Waals surface area contributed by atoms with Crippen molar-refractivity contribution in [1.29, 1.82) is 0 Å². The predicted octanol–water partition coefficient (Wildman–Crippen LogP) is 3.57. The zero-order valence-electron chi connectivity index (χ0n) is 17.7. The number of carbonyl (C=O) groups is 3. The zero-order valence-corrected chi connectivity index (χ0v) is 17.7. The number of hydrogen-bond acceptors (Lipinski definition) is 4. The molecule has 0 bridgehead atoms. The summed E-state index contributed by atoms with van der Waals surface area (Å²) in [7, 11) is 0. The minimum Gasteiger partial charge on any atom is -0.481 e. The number of aliphatic carboxylic acids is 1. The first-order chi connectivity index (χ1) is 15.4. The van der Waals surface area contributed by atoms with E-state index < -0.39 is 23.1 Å². The summed E-state index contributed by atoms with van der Waals surface area (Å²) in [5.74, 6) is -1.30. The number of hydrogen-bond donors (Lipinski definition) is 3. The van der Waals surface area contributed by atoms with Crippen LogP contribution in [-0.2, 0) is 14.3 Å². The lowest BCUT2D eigenvalue weighted by Crippen LogP contribution is -2.64. The molecule has 3 aliphatic rings. The maximum Gasteiger partial charge on any atom is 0.408 e. The van der Waals surface area contributed by atoms with Crippen LogP contribution >= 0.6 is 0 Å². The van der Waals surface area contributed by atoms with Gasteiger partial charge in [0.15, 0.2) is 0 Å². The maximum absolute atomic E-state index is 12.9. The van der Waals surface area contributed by atoms with Gasteiger partial charge in [-0.05, 0) is 54.4 Å². The predicted molar refractivity (Wildman–Crippen MR) is 117 cm³/mol. The van der Waals surface area contributed by atoms with Gasteiger partial charge in [-0.3, -0.25) is 9.59 Å². The van der Waals surface area contributed by atoms with Crippen molar-refractivity contribution in [2.45, 2.75) is 55.5 Å². The number of alkyl carbamates (subject to hydrolysis) is 1. The number of ether oxygens (including phenoxy) is 1. The summed E-state index contributed by atoms with van der Waals surface area (Å²) in [5, 5.41) is 14.8. The Morgan fingerprint density at radius 3 is 2.00 bits per heavy atom. The molecule has 7 nitrogen and oxygen atoms in total. The van der Waals surface area contributed by atoms with Crippen molar-refractivity contribution in [3.05, 3.63) is 59.7 Å². The van der Waals surface area contributed by atoms with Gasteiger partial charge in [0.05, 0.1) is 12.0 Å². The van der Waals surface area contributed by atoms with Gasteiger partial charge in [0.1, 0.15) is 12.1 Å². The average molecular weight is 434 g/mol. The molecule has 0 aliphatic heterocycles. The lowest BCUT2D eigenvalue weighted by molar-refractivity contribution is -0.138. The highest BCUT2D eigenvalue weighted by Crippen LogP contribution is 2.45. The number of carboxylic acids is 1. The number of carboxylic acid groups (broad SMARTS) is 1. The van der Waals surface area contributed by atoms with Gasteiger partial charge in [-0.2, -0.15) is 0 Å². The first-order valence-corrected chi connectivity index (χ1v) is 11.1. The molecular formula is C25H26N2O5. The molecule has 3 aliphatic carbocycles. The van der Waals surface area contributed by atoms with Gasteiger partial charge in [0.25, 0.3) is 0 Å². The van der Waals surface area contributed by atoms with E-state index in [1.807, 2.05) is 24.3 Å². The maximum atomic E-state index is 12.9. The van der Waals surface area contributed by atoms with Gasteiger partial charge in [-0.25, -0.2) is 4.79 Å². The molecule has 2 amide bonds. The third kappa shape index (κ3) is 3.61. The SMILES string of the molecule is O=C(O)CC1(NC(=O)C2(NC(=O)OCC3c4ccccc4-c4ccccc43)CCC2)CC1. The molecule has 0 atom stereocenters. The minimum atomic E-state index is -1.02. The van der Waals surface area contributed by atoms with Crippen LogP contribution in [0.25, 0.3) is 11.1 Å². The van der Waals surface area contributed by atoms with Gasteiger partial charge in [0.2, 0.25) is 5.91 Å². The van der Waals surface area contributed by atoms with Crippen molar-refractivity contribution in [2.75, 3.05) is 6.61 Å². The molecule has 0 unspecified atom stereocenters. The van der Waals surface area contributed by atoms with Crippen LogP contribution in [0.5, 0.6) is 0 Å². The summed E-state index contributed by atoms with van der Waals surface area (Å²) >= 11 is 0. The molecule has 2 aromatic rings. The minimum absolute atomic E-state index is 0.0513. The van der Waals surface area contributed by atoms with Crippen LogP contribution in [0.2, 0.25) is 0 Å². The Labute approximate surface area is 186 Å². The monoisotopic (exact) mass is 434 g/mol. The van der Waals surface area contributed by atoms with E-state index >= 15 is 0 Å². The highest BCUT2D eigenvalue weighted by atomic mass is 16.5. The molecule has 5 rings (SSSR count). The second-order valence-electron chi connectivity index (χ2n) is 9.19. The van der Waals surface area contributed by atoms with E-state index in [0.717, 1.165) is 28.7 Å². The molecule has 0 saturated heterocycles. The van der Waals surface area contributed by atoms with Gasteiger partial charge < -0.3 is 20.5 Å². The highest BCUT2D eigenvalue weighted by Gasteiger charge is 2.52. The smallest absolute Gasteiger partial charge is 0.408 e. The topological polar surface area (TPSA) is 105 Å². The zero-order chi connectivity index (χ0) is 22.3. The summed E-state index contributed by atoms with van der Waals surface area (Å²) in [6, 6.07) is 16.2. The van der Waals surface area contributed by atoms with Crippen molar-refractivity contribution >= 4 is 18.0 Å². The Morgan fingerprint density at radius 2 is 1.50 bits per heavy atom. The first-order valence-electron chi connectivity index (χ1n) is 11.1. The van der Waals surface area contributed by atoms with Crippen molar-refractivity contribution in [2.24, 2.45) is 0 Å².